The quantitative estimate of drug-likeness (QED) is 0.625. The first-order chi connectivity index (χ1) is 11.6. The Morgan fingerprint density at radius 2 is 1.17 bits per heavy atom. The van der Waals surface area contributed by atoms with Crippen LogP contribution in [0.25, 0.3) is 0 Å². The monoisotopic (exact) mass is 316 g/mol. The van der Waals surface area contributed by atoms with Crippen LogP contribution in [0, 0.1) is 6.92 Å². The van der Waals surface area contributed by atoms with Crippen molar-refractivity contribution in [3.05, 3.63) is 101 Å². The number of rotatable bonds is 4. The lowest BCUT2D eigenvalue weighted by Crippen LogP contribution is -2.03. The molecule has 0 fully saturated rings. The Kier molecular flexibility index (Phi) is 4.71. The Morgan fingerprint density at radius 1 is 0.667 bits per heavy atom. The smallest absolute Gasteiger partial charge is 0.119 e. The van der Waals surface area contributed by atoms with Gasteiger partial charge in [0.25, 0.3) is 0 Å². The van der Waals surface area contributed by atoms with Crippen LogP contribution in [0.3, 0.4) is 0 Å². The molecular formula is C23H24O. The second-order valence-corrected chi connectivity index (χ2v) is 6.52. The molecule has 0 heterocycles. The van der Waals surface area contributed by atoms with E-state index < -0.39 is 0 Å². The van der Waals surface area contributed by atoms with E-state index in [0.717, 1.165) is 11.1 Å². The van der Waals surface area contributed by atoms with Gasteiger partial charge in [-0.15, -0.1) is 0 Å². The average Bonchev–Trinajstić information content (AvgIpc) is 2.64. The van der Waals surface area contributed by atoms with Crippen LogP contribution in [0.1, 0.15) is 53.5 Å². The summed E-state index contributed by atoms with van der Waals surface area (Å²) < 4.78 is 0. The molecule has 0 saturated heterocycles. The molecular weight excluding hydrogens is 292 g/mol. The van der Waals surface area contributed by atoms with Gasteiger partial charge in [0.15, 0.2) is 0 Å². The summed E-state index contributed by atoms with van der Waals surface area (Å²) in [5, 5.41) is 10.5. The predicted molar refractivity (Wildman–Crippen MR) is 101 cm³/mol. The second kappa shape index (κ2) is 6.92. The highest BCUT2D eigenvalue weighted by molar-refractivity contribution is 5.49. The van der Waals surface area contributed by atoms with Crippen molar-refractivity contribution in [1.82, 2.24) is 0 Å². The molecule has 122 valence electrons. The Hall–Kier alpha value is -2.54. The van der Waals surface area contributed by atoms with E-state index in [4.69, 9.17) is 0 Å². The molecule has 0 aliphatic rings. The van der Waals surface area contributed by atoms with Gasteiger partial charge in [-0.05, 0) is 40.8 Å². The summed E-state index contributed by atoms with van der Waals surface area (Å²) in [7, 11) is 0. The third kappa shape index (κ3) is 3.21. The Morgan fingerprint density at radius 3 is 1.71 bits per heavy atom. The predicted octanol–water partition coefficient (Wildman–Crippen LogP) is 6.00. The SMILES string of the molecule is Cc1c(O)cc(C(C)c2ccccc2)cc1C(C)c1ccccc1. The van der Waals surface area contributed by atoms with E-state index in [1.54, 1.807) is 0 Å². The van der Waals surface area contributed by atoms with Crippen LogP contribution in [-0.4, -0.2) is 5.11 Å². The standard InChI is InChI=1S/C23H24O/c1-16(19-10-6-4-7-11-19)21-14-22(18(3)23(24)15-21)17(2)20-12-8-5-9-13-20/h4-17,24H,1-3H3. The van der Waals surface area contributed by atoms with Crippen molar-refractivity contribution in [1.29, 1.82) is 0 Å². The van der Waals surface area contributed by atoms with Crippen LogP contribution in [-0.2, 0) is 0 Å². The Labute approximate surface area is 144 Å². The van der Waals surface area contributed by atoms with Crippen molar-refractivity contribution in [2.45, 2.75) is 32.6 Å². The minimum atomic E-state index is 0.249. The highest BCUT2D eigenvalue weighted by Gasteiger charge is 2.17. The van der Waals surface area contributed by atoms with E-state index in [0.29, 0.717) is 5.75 Å². The number of hydrogen-bond donors (Lipinski definition) is 1. The minimum Gasteiger partial charge on any atom is -0.508 e. The highest BCUT2D eigenvalue weighted by atomic mass is 16.3. The summed E-state index contributed by atoms with van der Waals surface area (Å²) in [6, 6.07) is 25.1. The first kappa shape index (κ1) is 16.3. The lowest BCUT2D eigenvalue weighted by atomic mass is 9.85. The van der Waals surface area contributed by atoms with E-state index in [2.05, 4.69) is 68.4 Å². The molecule has 0 amide bonds. The molecule has 1 N–H and O–H groups in total. The Balaban J connectivity index is 2.03. The van der Waals surface area contributed by atoms with Crippen molar-refractivity contribution in [2.24, 2.45) is 0 Å². The van der Waals surface area contributed by atoms with Gasteiger partial charge in [-0.1, -0.05) is 80.6 Å². The third-order valence-corrected chi connectivity index (χ3v) is 5.01. The zero-order valence-corrected chi connectivity index (χ0v) is 14.5. The maximum atomic E-state index is 10.5. The molecule has 3 aromatic rings. The normalized spacial score (nSPS) is 13.5. The van der Waals surface area contributed by atoms with Gasteiger partial charge in [0.1, 0.15) is 5.75 Å². The number of phenolic OH excluding ortho intramolecular Hbond substituents is 1. The molecule has 0 saturated carbocycles. The second-order valence-electron chi connectivity index (χ2n) is 6.52. The fourth-order valence-electron chi connectivity index (χ4n) is 3.30. The minimum absolute atomic E-state index is 0.249. The van der Waals surface area contributed by atoms with Gasteiger partial charge in [-0.3, -0.25) is 0 Å². The average molecular weight is 316 g/mol. The van der Waals surface area contributed by atoms with Crippen LogP contribution in [0.2, 0.25) is 0 Å². The van der Waals surface area contributed by atoms with E-state index in [1.807, 2.05) is 25.1 Å². The summed E-state index contributed by atoms with van der Waals surface area (Å²) in [6.45, 7) is 6.39. The maximum absolute atomic E-state index is 10.5. The van der Waals surface area contributed by atoms with Gasteiger partial charge in [0.2, 0.25) is 0 Å². The first-order valence-electron chi connectivity index (χ1n) is 8.51. The number of aromatic hydroxyl groups is 1. The summed E-state index contributed by atoms with van der Waals surface area (Å²) in [6.07, 6.45) is 0. The van der Waals surface area contributed by atoms with Gasteiger partial charge in [-0.25, -0.2) is 0 Å². The van der Waals surface area contributed by atoms with Crippen molar-refractivity contribution in [3.8, 4) is 5.75 Å². The number of hydrogen-bond acceptors (Lipinski definition) is 1. The van der Waals surface area contributed by atoms with E-state index in [-0.39, 0.29) is 11.8 Å². The lowest BCUT2D eigenvalue weighted by molar-refractivity contribution is 0.468. The highest BCUT2D eigenvalue weighted by Crippen LogP contribution is 2.36. The van der Waals surface area contributed by atoms with Crippen molar-refractivity contribution in [3.63, 3.8) is 0 Å². The molecule has 1 heteroatoms. The van der Waals surface area contributed by atoms with Gasteiger partial charge < -0.3 is 5.11 Å². The summed E-state index contributed by atoms with van der Waals surface area (Å²) in [5.74, 6) is 0.882. The first-order valence-corrected chi connectivity index (χ1v) is 8.51. The lowest BCUT2D eigenvalue weighted by Gasteiger charge is -2.20. The third-order valence-electron chi connectivity index (χ3n) is 5.01. The van der Waals surface area contributed by atoms with Crippen LogP contribution >= 0.6 is 0 Å². The molecule has 0 radical (unpaired) electrons. The number of benzene rings is 3. The largest absolute Gasteiger partial charge is 0.508 e. The van der Waals surface area contributed by atoms with Gasteiger partial charge >= 0.3 is 0 Å². The summed E-state index contributed by atoms with van der Waals surface area (Å²) >= 11 is 0. The van der Waals surface area contributed by atoms with Crippen LogP contribution < -0.4 is 0 Å². The zero-order chi connectivity index (χ0) is 17.1. The molecule has 2 unspecified atom stereocenters. The molecule has 24 heavy (non-hydrogen) atoms. The molecule has 2 atom stereocenters. The van der Waals surface area contributed by atoms with Crippen LogP contribution in [0.4, 0.5) is 0 Å². The summed E-state index contributed by atoms with van der Waals surface area (Å²) in [5.41, 5.74) is 5.85. The molecule has 0 aromatic heterocycles. The molecule has 0 spiro atoms. The van der Waals surface area contributed by atoms with Gasteiger partial charge in [0, 0.05) is 11.8 Å². The summed E-state index contributed by atoms with van der Waals surface area (Å²) in [4.78, 5) is 0. The van der Waals surface area contributed by atoms with Crippen LogP contribution in [0.15, 0.2) is 72.8 Å². The van der Waals surface area contributed by atoms with Crippen LogP contribution in [0.5, 0.6) is 5.75 Å². The zero-order valence-electron chi connectivity index (χ0n) is 14.5. The molecule has 1 nitrogen and oxygen atoms in total. The van der Waals surface area contributed by atoms with Crippen molar-refractivity contribution < 1.29 is 5.11 Å². The molecule has 0 aliphatic carbocycles. The van der Waals surface area contributed by atoms with Crippen molar-refractivity contribution in [2.75, 3.05) is 0 Å². The topological polar surface area (TPSA) is 20.2 Å². The Bertz CT molecular complexity index is 806. The number of phenols is 1. The van der Waals surface area contributed by atoms with Gasteiger partial charge in [0.05, 0.1) is 0 Å². The van der Waals surface area contributed by atoms with E-state index >= 15 is 0 Å². The molecule has 3 rings (SSSR count). The van der Waals surface area contributed by atoms with E-state index in [9.17, 15) is 5.11 Å². The molecule has 0 bridgehead atoms. The fourth-order valence-corrected chi connectivity index (χ4v) is 3.30. The van der Waals surface area contributed by atoms with Gasteiger partial charge in [-0.2, -0.15) is 0 Å². The van der Waals surface area contributed by atoms with Crippen molar-refractivity contribution >= 4 is 0 Å². The molecule has 0 aliphatic heterocycles. The fraction of sp³-hybridized carbons (Fsp3) is 0.217. The van der Waals surface area contributed by atoms with E-state index in [1.165, 1.54) is 16.7 Å². The molecule has 3 aromatic carbocycles. The maximum Gasteiger partial charge on any atom is 0.119 e.